The molecular formula is C10H18O3. The molecule has 1 fully saturated rings. The van der Waals surface area contributed by atoms with Gasteiger partial charge in [-0.1, -0.05) is 13.8 Å². The third-order valence-electron chi connectivity index (χ3n) is 2.25. The van der Waals surface area contributed by atoms with Gasteiger partial charge in [-0.15, -0.1) is 0 Å². The lowest BCUT2D eigenvalue weighted by Gasteiger charge is -2.30. The molecule has 0 saturated carbocycles. The molecule has 13 heavy (non-hydrogen) atoms. The van der Waals surface area contributed by atoms with Crippen LogP contribution in [0.25, 0.3) is 0 Å². The number of ether oxygens (including phenoxy) is 2. The van der Waals surface area contributed by atoms with E-state index >= 15 is 0 Å². The first-order chi connectivity index (χ1) is 6.14. The SMILES string of the molecule is CC(C)(CC=O)CC1OCCCO1. The fourth-order valence-electron chi connectivity index (χ4n) is 1.41. The topological polar surface area (TPSA) is 35.5 Å². The maximum atomic E-state index is 10.4. The van der Waals surface area contributed by atoms with E-state index in [1.807, 2.05) is 0 Å². The Labute approximate surface area is 79.4 Å². The molecule has 1 heterocycles. The molecule has 0 bridgehead atoms. The number of hydrogen-bond donors (Lipinski definition) is 0. The van der Waals surface area contributed by atoms with Crippen LogP contribution in [0.15, 0.2) is 0 Å². The van der Waals surface area contributed by atoms with Crippen molar-refractivity contribution in [2.75, 3.05) is 13.2 Å². The third-order valence-corrected chi connectivity index (χ3v) is 2.25. The Morgan fingerprint density at radius 2 is 2.00 bits per heavy atom. The summed E-state index contributed by atoms with van der Waals surface area (Å²) in [7, 11) is 0. The average Bonchev–Trinajstić information content (AvgIpc) is 2.04. The molecule has 0 aromatic carbocycles. The van der Waals surface area contributed by atoms with Crippen LogP contribution in [0.4, 0.5) is 0 Å². The largest absolute Gasteiger partial charge is 0.353 e. The van der Waals surface area contributed by atoms with Gasteiger partial charge in [0.25, 0.3) is 0 Å². The lowest BCUT2D eigenvalue weighted by atomic mass is 9.86. The van der Waals surface area contributed by atoms with Gasteiger partial charge in [-0.25, -0.2) is 0 Å². The van der Waals surface area contributed by atoms with Crippen LogP contribution in [0.1, 0.15) is 33.1 Å². The number of aldehydes is 1. The Morgan fingerprint density at radius 1 is 1.38 bits per heavy atom. The summed E-state index contributed by atoms with van der Waals surface area (Å²) in [6.07, 6.45) is 3.19. The maximum absolute atomic E-state index is 10.4. The van der Waals surface area contributed by atoms with E-state index in [0.717, 1.165) is 32.3 Å². The van der Waals surface area contributed by atoms with Crippen molar-refractivity contribution in [1.29, 1.82) is 0 Å². The van der Waals surface area contributed by atoms with Crippen LogP contribution < -0.4 is 0 Å². The number of rotatable bonds is 4. The van der Waals surface area contributed by atoms with E-state index in [-0.39, 0.29) is 11.7 Å². The molecule has 0 N–H and O–H groups in total. The van der Waals surface area contributed by atoms with Gasteiger partial charge in [0.15, 0.2) is 6.29 Å². The first-order valence-electron chi connectivity index (χ1n) is 4.81. The molecule has 0 amide bonds. The quantitative estimate of drug-likeness (QED) is 0.627. The minimum Gasteiger partial charge on any atom is -0.353 e. The predicted molar refractivity (Wildman–Crippen MR) is 49.4 cm³/mol. The van der Waals surface area contributed by atoms with Gasteiger partial charge < -0.3 is 14.3 Å². The van der Waals surface area contributed by atoms with Crippen molar-refractivity contribution in [3.05, 3.63) is 0 Å². The van der Waals surface area contributed by atoms with E-state index in [2.05, 4.69) is 13.8 Å². The molecule has 3 heteroatoms. The molecule has 0 spiro atoms. The molecule has 1 aliphatic rings. The van der Waals surface area contributed by atoms with Crippen LogP contribution >= 0.6 is 0 Å². The summed E-state index contributed by atoms with van der Waals surface area (Å²) in [6.45, 7) is 5.68. The Hall–Kier alpha value is -0.410. The molecule has 0 radical (unpaired) electrons. The molecule has 0 unspecified atom stereocenters. The molecule has 76 valence electrons. The fourth-order valence-corrected chi connectivity index (χ4v) is 1.41. The van der Waals surface area contributed by atoms with Gasteiger partial charge in [-0.2, -0.15) is 0 Å². The normalized spacial score (nSPS) is 20.2. The highest BCUT2D eigenvalue weighted by Gasteiger charge is 2.25. The van der Waals surface area contributed by atoms with Crippen LogP contribution in [0.3, 0.4) is 0 Å². The van der Waals surface area contributed by atoms with Crippen molar-refractivity contribution >= 4 is 6.29 Å². The van der Waals surface area contributed by atoms with Crippen molar-refractivity contribution in [2.24, 2.45) is 5.41 Å². The number of carbonyl (C=O) groups excluding carboxylic acids is 1. The van der Waals surface area contributed by atoms with E-state index in [4.69, 9.17) is 9.47 Å². The molecule has 1 aliphatic heterocycles. The average molecular weight is 186 g/mol. The van der Waals surface area contributed by atoms with Crippen LogP contribution in [-0.2, 0) is 14.3 Å². The summed E-state index contributed by atoms with van der Waals surface area (Å²) in [5.41, 5.74) is -0.0102. The Kier molecular flexibility index (Phi) is 3.88. The van der Waals surface area contributed by atoms with Crippen molar-refractivity contribution < 1.29 is 14.3 Å². The predicted octanol–water partition coefficient (Wildman–Crippen LogP) is 1.75. The Morgan fingerprint density at radius 3 is 2.54 bits per heavy atom. The zero-order valence-corrected chi connectivity index (χ0v) is 8.41. The highest BCUT2D eigenvalue weighted by molar-refractivity contribution is 5.50. The highest BCUT2D eigenvalue weighted by Crippen LogP contribution is 2.28. The highest BCUT2D eigenvalue weighted by atomic mass is 16.7. The number of hydrogen-bond acceptors (Lipinski definition) is 3. The first-order valence-corrected chi connectivity index (χ1v) is 4.81. The van der Waals surface area contributed by atoms with Gasteiger partial charge in [0.05, 0.1) is 13.2 Å². The second-order valence-corrected chi connectivity index (χ2v) is 4.26. The summed E-state index contributed by atoms with van der Waals surface area (Å²) in [4.78, 5) is 10.4. The van der Waals surface area contributed by atoms with Gasteiger partial charge in [-0.05, 0) is 11.8 Å². The smallest absolute Gasteiger partial charge is 0.158 e. The molecule has 0 aliphatic carbocycles. The monoisotopic (exact) mass is 186 g/mol. The molecule has 0 aromatic rings. The van der Waals surface area contributed by atoms with Crippen molar-refractivity contribution in [2.45, 2.75) is 39.4 Å². The van der Waals surface area contributed by atoms with Crippen molar-refractivity contribution in [3.8, 4) is 0 Å². The summed E-state index contributed by atoms with van der Waals surface area (Å²) >= 11 is 0. The zero-order valence-electron chi connectivity index (χ0n) is 8.41. The van der Waals surface area contributed by atoms with Crippen LogP contribution in [0, 0.1) is 5.41 Å². The standard InChI is InChI=1S/C10H18O3/c1-10(2,4-5-11)8-9-12-6-3-7-13-9/h5,9H,3-4,6-8H2,1-2H3. The van der Waals surface area contributed by atoms with E-state index in [9.17, 15) is 4.79 Å². The van der Waals surface area contributed by atoms with E-state index < -0.39 is 0 Å². The molecule has 0 aromatic heterocycles. The van der Waals surface area contributed by atoms with Gasteiger partial charge >= 0.3 is 0 Å². The summed E-state index contributed by atoms with van der Waals surface area (Å²) in [5, 5.41) is 0. The van der Waals surface area contributed by atoms with E-state index in [1.165, 1.54) is 0 Å². The van der Waals surface area contributed by atoms with Gasteiger partial charge in [0.1, 0.15) is 6.29 Å². The van der Waals surface area contributed by atoms with Crippen LogP contribution in [0.2, 0.25) is 0 Å². The summed E-state index contributed by atoms with van der Waals surface area (Å²) < 4.78 is 10.8. The summed E-state index contributed by atoms with van der Waals surface area (Å²) in [5.74, 6) is 0. The Bertz CT molecular complexity index is 160. The first kappa shape index (κ1) is 10.7. The van der Waals surface area contributed by atoms with E-state index in [0.29, 0.717) is 6.42 Å². The third kappa shape index (κ3) is 3.87. The lowest BCUT2D eigenvalue weighted by Crippen LogP contribution is -2.30. The number of carbonyl (C=O) groups is 1. The molecular weight excluding hydrogens is 168 g/mol. The van der Waals surface area contributed by atoms with Crippen molar-refractivity contribution in [3.63, 3.8) is 0 Å². The van der Waals surface area contributed by atoms with Gasteiger partial charge in [-0.3, -0.25) is 0 Å². The Balaban J connectivity index is 2.32. The minimum atomic E-state index is -0.108. The van der Waals surface area contributed by atoms with E-state index in [1.54, 1.807) is 0 Å². The molecule has 0 atom stereocenters. The van der Waals surface area contributed by atoms with Gasteiger partial charge in [0, 0.05) is 12.8 Å². The molecule has 3 nitrogen and oxygen atoms in total. The van der Waals surface area contributed by atoms with Crippen LogP contribution in [0.5, 0.6) is 0 Å². The zero-order chi connectivity index (χ0) is 9.73. The lowest BCUT2D eigenvalue weighted by molar-refractivity contribution is -0.192. The second-order valence-electron chi connectivity index (χ2n) is 4.26. The van der Waals surface area contributed by atoms with Crippen LogP contribution in [-0.4, -0.2) is 25.8 Å². The van der Waals surface area contributed by atoms with Crippen molar-refractivity contribution in [1.82, 2.24) is 0 Å². The minimum absolute atomic E-state index is 0.0102. The summed E-state index contributed by atoms with van der Waals surface area (Å²) in [6, 6.07) is 0. The van der Waals surface area contributed by atoms with Gasteiger partial charge in [0.2, 0.25) is 0 Å². The molecule has 1 saturated heterocycles. The fraction of sp³-hybridized carbons (Fsp3) is 0.900. The second kappa shape index (κ2) is 4.72. The molecule has 1 rings (SSSR count). The maximum Gasteiger partial charge on any atom is 0.158 e.